The van der Waals surface area contributed by atoms with Crippen LogP contribution in [-0.2, 0) is 27.8 Å². The molecule has 2 aliphatic heterocycles. The number of hydrogen-bond donors (Lipinski definition) is 0. The van der Waals surface area contributed by atoms with E-state index in [2.05, 4.69) is 41.3 Å². The predicted octanol–water partition coefficient (Wildman–Crippen LogP) is 4.49. The zero-order valence-corrected chi connectivity index (χ0v) is 20.6. The smallest absolute Gasteiger partial charge is 0.174 e. The zero-order valence-electron chi connectivity index (χ0n) is 20.6. The maximum absolute atomic E-state index is 13.4. The second-order valence-electron chi connectivity index (χ2n) is 11.3. The van der Waals surface area contributed by atoms with Gasteiger partial charge in [0.15, 0.2) is 23.4 Å². The van der Waals surface area contributed by atoms with Crippen molar-refractivity contribution >= 4 is 5.78 Å². The molecule has 2 aromatic rings. The highest BCUT2D eigenvalue weighted by molar-refractivity contribution is 5.90. The molecule has 3 fully saturated rings. The number of Topliss-reactive ketones (excluding diaryl/α,β-unsaturated/α-hetero) is 1. The van der Waals surface area contributed by atoms with E-state index in [1.165, 1.54) is 29.5 Å². The number of benzene rings is 2. The second-order valence-corrected chi connectivity index (χ2v) is 11.3. The van der Waals surface area contributed by atoms with E-state index in [0.717, 1.165) is 62.6 Å². The SMILES string of the molecule is COc1ccc2c3c1OC1C(=O)CC[C@@]4(OCCCc5ccccc5)[C@@H](C2)N(CC2CC2)CC[C@]314. The lowest BCUT2D eigenvalue weighted by atomic mass is 9.48. The van der Waals surface area contributed by atoms with Crippen LogP contribution in [-0.4, -0.2) is 55.2 Å². The number of piperidine rings is 1. The van der Waals surface area contributed by atoms with Crippen molar-refractivity contribution in [2.24, 2.45) is 5.92 Å². The minimum absolute atomic E-state index is 0.231. The third kappa shape index (κ3) is 3.10. The van der Waals surface area contributed by atoms with Crippen LogP contribution in [0.15, 0.2) is 42.5 Å². The van der Waals surface area contributed by atoms with Crippen LogP contribution in [0.2, 0.25) is 0 Å². The first-order valence-electron chi connectivity index (χ1n) is 13.5. The van der Waals surface area contributed by atoms with Crippen LogP contribution in [0.25, 0.3) is 0 Å². The van der Waals surface area contributed by atoms with Gasteiger partial charge < -0.3 is 14.2 Å². The van der Waals surface area contributed by atoms with Gasteiger partial charge in [0.05, 0.1) is 18.1 Å². The van der Waals surface area contributed by atoms with Gasteiger partial charge in [-0.05, 0) is 74.6 Å². The van der Waals surface area contributed by atoms with Crippen LogP contribution in [0.1, 0.15) is 55.2 Å². The molecule has 5 aliphatic rings. The van der Waals surface area contributed by atoms with Crippen LogP contribution < -0.4 is 9.47 Å². The van der Waals surface area contributed by atoms with E-state index >= 15 is 0 Å². The van der Waals surface area contributed by atoms with Crippen LogP contribution >= 0.6 is 0 Å². The second kappa shape index (κ2) is 8.07. The lowest BCUT2D eigenvalue weighted by molar-refractivity contribution is -0.213. The monoisotopic (exact) mass is 473 g/mol. The molecule has 1 unspecified atom stereocenters. The minimum atomic E-state index is -0.457. The quantitative estimate of drug-likeness (QED) is 0.529. The highest BCUT2D eigenvalue weighted by Gasteiger charge is 2.74. The van der Waals surface area contributed by atoms with Crippen molar-refractivity contribution in [3.8, 4) is 11.5 Å². The molecule has 1 saturated heterocycles. The highest BCUT2D eigenvalue weighted by Crippen LogP contribution is 2.66. The van der Waals surface area contributed by atoms with E-state index in [9.17, 15) is 4.79 Å². The van der Waals surface area contributed by atoms with E-state index in [1.807, 2.05) is 6.07 Å². The van der Waals surface area contributed by atoms with E-state index < -0.39 is 11.5 Å². The summed E-state index contributed by atoms with van der Waals surface area (Å²) in [6.45, 7) is 2.88. The number of nitrogens with zero attached hydrogens (tertiary/aromatic N) is 1. The summed E-state index contributed by atoms with van der Waals surface area (Å²) < 4.78 is 19.4. The molecule has 0 aromatic heterocycles. The number of ketones is 1. The maximum atomic E-state index is 13.4. The van der Waals surface area contributed by atoms with Crippen molar-refractivity contribution in [3.63, 3.8) is 0 Å². The molecule has 5 nitrogen and oxygen atoms in total. The van der Waals surface area contributed by atoms with Crippen molar-refractivity contribution in [1.29, 1.82) is 0 Å². The third-order valence-electron chi connectivity index (χ3n) is 9.54. The molecule has 2 aromatic carbocycles. The fraction of sp³-hybridized carbons (Fsp3) is 0.567. The number of methoxy groups -OCH3 is 1. The number of carbonyl (C=O) groups excluding carboxylic acids is 1. The van der Waals surface area contributed by atoms with E-state index in [4.69, 9.17) is 14.2 Å². The van der Waals surface area contributed by atoms with Crippen molar-refractivity contribution < 1.29 is 19.0 Å². The average Bonchev–Trinajstić information content (AvgIpc) is 3.63. The fourth-order valence-electron chi connectivity index (χ4n) is 7.86. The Morgan fingerprint density at radius 2 is 1.97 bits per heavy atom. The summed E-state index contributed by atoms with van der Waals surface area (Å²) in [5.41, 5.74) is 3.11. The molecule has 2 bridgehead atoms. The lowest BCUT2D eigenvalue weighted by Crippen LogP contribution is -2.77. The van der Waals surface area contributed by atoms with E-state index in [-0.39, 0.29) is 11.4 Å². The van der Waals surface area contributed by atoms with Gasteiger partial charge in [0, 0.05) is 31.2 Å². The summed E-state index contributed by atoms with van der Waals surface area (Å²) in [7, 11) is 1.69. The predicted molar refractivity (Wildman–Crippen MR) is 133 cm³/mol. The molecule has 0 radical (unpaired) electrons. The van der Waals surface area contributed by atoms with Crippen LogP contribution in [0.3, 0.4) is 0 Å². The molecule has 5 heteroatoms. The Morgan fingerprint density at radius 3 is 2.77 bits per heavy atom. The summed E-state index contributed by atoms with van der Waals surface area (Å²) in [6, 6.07) is 15.2. The van der Waals surface area contributed by atoms with Gasteiger partial charge in [0.1, 0.15) is 0 Å². The zero-order chi connectivity index (χ0) is 23.6. The van der Waals surface area contributed by atoms with Crippen molar-refractivity contribution in [2.45, 2.75) is 74.5 Å². The maximum Gasteiger partial charge on any atom is 0.174 e. The molecule has 2 saturated carbocycles. The highest BCUT2D eigenvalue weighted by atomic mass is 16.5. The van der Waals surface area contributed by atoms with E-state index in [0.29, 0.717) is 19.1 Å². The number of hydrogen-bond acceptors (Lipinski definition) is 5. The molecule has 1 spiro atoms. The Bertz CT molecular complexity index is 1140. The standard InChI is InChI=1S/C30H35NO4/c1-33-24-12-11-22-18-25-30(34-17-5-8-20-6-3-2-4-7-20)14-13-23(32)28-29(30,26(22)27(24)35-28)15-16-31(25)19-21-9-10-21/h2-4,6-7,11-12,21,25,28H,5,8-10,13-19H2,1H3/t25-,28?,29+,30-/m1/s1. The van der Waals surface area contributed by atoms with Gasteiger partial charge in [-0.15, -0.1) is 0 Å². The van der Waals surface area contributed by atoms with Crippen molar-refractivity contribution in [3.05, 3.63) is 59.2 Å². The normalized spacial score (nSPS) is 32.8. The number of carbonyl (C=O) groups is 1. The largest absolute Gasteiger partial charge is 0.493 e. The molecule has 7 rings (SSSR count). The van der Waals surface area contributed by atoms with Gasteiger partial charge in [-0.3, -0.25) is 9.69 Å². The van der Waals surface area contributed by atoms with Crippen molar-refractivity contribution in [2.75, 3.05) is 26.8 Å². The molecular formula is C30H35NO4. The number of rotatable bonds is 8. The Morgan fingerprint density at radius 1 is 1.11 bits per heavy atom. The van der Waals surface area contributed by atoms with Crippen LogP contribution in [0.4, 0.5) is 0 Å². The first-order valence-corrected chi connectivity index (χ1v) is 13.5. The minimum Gasteiger partial charge on any atom is -0.493 e. The number of aryl methyl sites for hydroxylation is 1. The molecule has 2 heterocycles. The summed E-state index contributed by atoms with van der Waals surface area (Å²) in [6.07, 6.45) is 7.43. The van der Waals surface area contributed by atoms with Crippen molar-refractivity contribution in [1.82, 2.24) is 4.90 Å². The number of likely N-dealkylation sites (tertiary alicyclic amines) is 1. The molecule has 0 amide bonds. The van der Waals surface area contributed by atoms with Gasteiger partial charge in [0.25, 0.3) is 0 Å². The molecule has 4 atom stereocenters. The third-order valence-corrected chi connectivity index (χ3v) is 9.54. The first-order chi connectivity index (χ1) is 17.2. The fourth-order valence-corrected chi connectivity index (χ4v) is 7.86. The Balaban J connectivity index is 1.29. The Hall–Kier alpha value is -2.37. The molecule has 3 aliphatic carbocycles. The Kier molecular flexibility index (Phi) is 5.05. The van der Waals surface area contributed by atoms with E-state index in [1.54, 1.807) is 7.11 Å². The summed E-state index contributed by atoms with van der Waals surface area (Å²) >= 11 is 0. The van der Waals surface area contributed by atoms with Gasteiger partial charge in [-0.2, -0.15) is 0 Å². The van der Waals surface area contributed by atoms with Crippen LogP contribution in [0.5, 0.6) is 11.5 Å². The topological polar surface area (TPSA) is 48.0 Å². The first kappa shape index (κ1) is 21.9. The lowest BCUT2D eigenvalue weighted by Gasteiger charge is -2.64. The molecular weight excluding hydrogens is 438 g/mol. The molecule has 35 heavy (non-hydrogen) atoms. The molecule has 0 N–H and O–H groups in total. The average molecular weight is 474 g/mol. The summed E-state index contributed by atoms with van der Waals surface area (Å²) in [4.78, 5) is 16.1. The summed E-state index contributed by atoms with van der Waals surface area (Å²) in [5, 5.41) is 0. The van der Waals surface area contributed by atoms with Gasteiger partial charge in [-0.1, -0.05) is 36.4 Å². The number of ether oxygens (including phenoxy) is 3. The summed E-state index contributed by atoms with van der Waals surface area (Å²) in [5.74, 6) is 2.61. The van der Waals surface area contributed by atoms with Gasteiger partial charge in [0.2, 0.25) is 0 Å². The Labute approximate surface area is 207 Å². The van der Waals surface area contributed by atoms with Gasteiger partial charge >= 0.3 is 0 Å². The van der Waals surface area contributed by atoms with Crippen LogP contribution in [0, 0.1) is 5.92 Å². The molecule has 184 valence electrons. The van der Waals surface area contributed by atoms with Gasteiger partial charge in [-0.25, -0.2) is 0 Å².